The van der Waals surface area contributed by atoms with E-state index in [1.165, 1.54) is 0 Å². The minimum atomic E-state index is -1.29. The minimum absolute atomic E-state index is 0.0208. The molecule has 0 aliphatic rings. The van der Waals surface area contributed by atoms with E-state index >= 15 is 0 Å². The van der Waals surface area contributed by atoms with E-state index in [-0.39, 0.29) is 37.4 Å². The van der Waals surface area contributed by atoms with E-state index in [2.05, 4.69) is 12.6 Å². The molecule has 22 heteroatoms. The lowest BCUT2D eigenvalue weighted by Gasteiger charge is -2.07. The molecule has 0 aromatic carbocycles. The third kappa shape index (κ3) is 40.1. The van der Waals surface area contributed by atoms with Gasteiger partial charge in [0.15, 0.2) is 0 Å². The van der Waals surface area contributed by atoms with Gasteiger partial charge in [-0.2, -0.15) is 12.6 Å². The van der Waals surface area contributed by atoms with Crippen LogP contribution in [0.1, 0.15) is 46.0 Å². The summed E-state index contributed by atoms with van der Waals surface area (Å²) in [6.07, 6.45) is -0.981. The predicted octanol–water partition coefficient (Wildman–Crippen LogP) is -3.22. The first-order chi connectivity index (χ1) is 19.8. The second-order valence-corrected chi connectivity index (χ2v) is 8.90. The quantitative estimate of drug-likeness (QED) is 0.0764. The van der Waals surface area contributed by atoms with Gasteiger partial charge in [0, 0.05) is 18.6 Å². The molecule has 0 saturated carbocycles. The fourth-order valence-electron chi connectivity index (χ4n) is 1.44. The molecule has 0 bridgehead atoms. The highest BCUT2D eigenvalue weighted by Gasteiger charge is 2.15. The van der Waals surface area contributed by atoms with Gasteiger partial charge in [-0.15, -0.1) is 0 Å². The molecule has 44 heavy (non-hydrogen) atoms. The molecule has 258 valence electrons. The summed E-state index contributed by atoms with van der Waals surface area (Å²) >= 11 is 3.65. The van der Waals surface area contributed by atoms with E-state index in [9.17, 15) is 38.4 Å². The normalized spacial score (nSPS) is 12.9. The summed E-state index contributed by atoms with van der Waals surface area (Å²) in [6.45, 7) is 3.55. The number of carboxylic acids is 8. The number of nitrogens with two attached hydrogens (primary N) is 5. The highest BCUT2D eigenvalue weighted by Crippen LogP contribution is 1.96. The molecule has 5 atom stereocenters. The summed E-state index contributed by atoms with van der Waals surface area (Å²) in [5, 5.41) is 64.8. The van der Waals surface area contributed by atoms with Crippen molar-refractivity contribution < 1.29 is 79.2 Å². The Labute approximate surface area is 256 Å². The highest BCUT2D eigenvalue weighted by molar-refractivity contribution is 7.80. The summed E-state index contributed by atoms with van der Waals surface area (Å²) < 4.78 is 0. The van der Waals surface area contributed by atoms with Gasteiger partial charge in [-0.3, -0.25) is 38.4 Å². The molecule has 0 unspecified atom stereocenters. The van der Waals surface area contributed by atoms with Crippen LogP contribution in [0.15, 0.2) is 0 Å². The fraction of sp³-hybridized carbons (Fsp3) is 0.636. The van der Waals surface area contributed by atoms with Crippen molar-refractivity contribution in [2.45, 2.75) is 76.2 Å². The lowest BCUT2D eigenvalue weighted by atomic mass is 10.1. The lowest BCUT2D eigenvalue weighted by Crippen LogP contribution is -2.34. The zero-order valence-electron chi connectivity index (χ0n) is 23.9. The van der Waals surface area contributed by atoms with Gasteiger partial charge < -0.3 is 69.5 Å². The van der Waals surface area contributed by atoms with Crippen LogP contribution in [0, 0.1) is 5.92 Å². The standard InChI is InChI=1S/2C5H9NO4.C5H11NO2.C4H7NO4.C3H7NO2S/c2*6-3(5(9)10)1-2-4(7)8;1-3(2)4(6)5(7)8;5-2(4(8)9)1-3(6)7;4-2(1-7)3(5)6/h2*3H,1-2,6H2,(H,7,8)(H,9,10);3-4H,6H2,1-2H3,(H,7,8);2H,1,5H2,(H,6,7)(H,8,9);2,7H,1,4H2,(H,5,6)/t2*3-;4-;2*2-/m00000/s1. The zero-order chi connectivity index (χ0) is 36.3. The maximum Gasteiger partial charge on any atom is 0.321 e. The Morgan fingerprint density at radius 1 is 0.500 bits per heavy atom. The minimum Gasteiger partial charge on any atom is -0.481 e. The Morgan fingerprint density at radius 3 is 0.886 bits per heavy atom. The van der Waals surface area contributed by atoms with Crippen molar-refractivity contribution in [1.29, 1.82) is 0 Å². The van der Waals surface area contributed by atoms with Crippen LogP contribution >= 0.6 is 12.6 Å². The summed E-state index contributed by atoms with van der Waals surface area (Å²) in [5.74, 6) is -8.62. The number of rotatable bonds is 15. The van der Waals surface area contributed by atoms with Crippen LogP contribution in [-0.2, 0) is 38.4 Å². The molecule has 0 rings (SSSR count). The van der Waals surface area contributed by atoms with Crippen LogP contribution in [0.2, 0.25) is 0 Å². The Hall–Kier alpha value is -4.09. The summed E-state index contributed by atoms with van der Waals surface area (Å²) in [4.78, 5) is 79.1. The smallest absolute Gasteiger partial charge is 0.321 e. The van der Waals surface area contributed by atoms with Gasteiger partial charge >= 0.3 is 47.8 Å². The number of hydrogen-bond acceptors (Lipinski definition) is 14. The van der Waals surface area contributed by atoms with Crippen LogP contribution < -0.4 is 28.7 Å². The van der Waals surface area contributed by atoms with Gasteiger partial charge in [-0.1, -0.05) is 13.8 Å². The number of thiol groups is 1. The molecule has 0 fully saturated rings. The molecule has 0 radical (unpaired) electrons. The van der Waals surface area contributed by atoms with Crippen molar-refractivity contribution in [1.82, 2.24) is 0 Å². The van der Waals surface area contributed by atoms with Gasteiger partial charge in [-0.05, 0) is 18.8 Å². The first kappa shape index (κ1) is 49.6. The Kier molecular flexibility index (Phi) is 32.7. The van der Waals surface area contributed by atoms with Crippen molar-refractivity contribution in [3.05, 3.63) is 0 Å². The third-order valence-electron chi connectivity index (χ3n) is 4.20. The van der Waals surface area contributed by atoms with Gasteiger partial charge in [0.2, 0.25) is 0 Å². The van der Waals surface area contributed by atoms with Crippen molar-refractivity contribution in [2.24, 2.45) is 34.6 Å². The average molecular weight is 666 g/mol. The fourth-order valence-corrected chi connectivity index (χ4v) is 1.60. The van der Waals surface area contributed by atoms with Crippen molar-refractivity contribution in [3.63, 3.8) is 0 Å². The Balaban J connectivity index is -0.000000145. The first-order valence-corrected chi connectivity index (χ1v) is 12.7. The molecular formula is C22H43N5O16S. The molecule has 0 aliphatic heterocycles. The van der Waals surface area contributed by atoms with Gasteiger partial charge in [0.25, 0.3) is 0 Å². The lowest BCUT2D eigenvalue weighted by molar-refractivity contribution is -0.144. The molecular weight excluding hydrogens is 622 g/mol. The molecule has 0 heterocycles. The van der Waals surface area contributed by atoms with E-state index in [0.717, 1.165) is 0 Å². The molecule has 0 amide bonds. The van der Waals surface area contributed by atoms with Crippen molar-refractivity contribution >= 4 is 60.4 Å². The van der Waals surface area contributed by atoms with Crippen molar-refractivity contribution in [2.75, 3.05) is 5.75 Å². The number of carbonyl (C=O) groups is 8. The third-order valence-corrected chi connectivity index (χ3v) is 4.60. The van der Waals surface area contributed by atoms with Gasteiger partial charge in [0.05, 0.1) is 6.42 Å². The second kappa shape index (κ2) is 29.0. The van der Waals surface area contributed by atoms with Crippen LogP contribution in [0.3, 0.4) is 0 Å². The molecule has 0 saturated heterocycles. The first-order valence-electron chi connectivity index (χ1n) is 12.0. The van der Waals surface area contributed by atoms with E-state index in [0.29, 0.717) is 0 Å². The molecule has 0 aromatic heterocycles. The SMILES string of the molecule is CC(C)[C@H](N)C(=O)O.N[C@@H](CC(=O)O)C(=O)O.N[C@@H](CCC(=O)O)C(=O)O.N[C@@H](CCC(=O)O)C(=O)O.N[C@@H](CS)C(=O)O. The molecule has 0 spiro atoms. The summed E-state index contributed by atoms with van der Waals surface area (Å²) in [7, 11) is 0. The average Bonchev–Trinajstić information content (AvgIpc) is 2.89. The number of carboxylic acid groups (broad SMARTS) is 8. The molecule has 0 aromatic rings. The number of aliphatic carboxylic acids is 8. The van der Waals surface area contributed by atoms with Crippen LogP contribution in [0.25, 0.3) is 0 Å². The van der Waals surface area contributed by atoms with Crippen LogP contribution in [-0.4, -0.2) is 125 Å². The summed E-state index contributed by atoms with van der Waals surface area (Å²) in [5.41, 5.74) is 24.9. The highest BCUT2D eigenvalue weighted by atomic mass is 32.1. The monoisotopic (exact) mass is 665 g/mol. The summed E-state index contributed by atoms with van der Waals surface area (Å²) in [6, 6.07) is -4.94. The maximum atomic E-state index is 10.0. The van der Waals surface area contributed by atoms with E-state index in [4.69, 9.17) is 69.5 Å². The molecule has 0 aliphatic carbocycles. The van der Waals surface area contributed by atoms with E-state index in [1.807, 2.05) is 0 Å². The Morgan fingerprint density at radius 2 is 0.795 bits per heavy atom. The topological polar surface area (TPSA) is 428 Å². The number of hydrogen-bond donors (Lipinski definition) is 14. The van der Waals surface area contributed by atoms with E-state index in [1.54, 1.807) is 13.8 Å². The Bertz CT molecular complexity index is 887. The van der Waals surface area contributed by atoms with Crippen LogP contribution in [0.5, 0.6) is 0 Å². The largest absolute Gasteiger partial charge is 0.481 e. The molecule has 18 N–H and O–H groups in total. The maximum absolute atomic E-state index is 10.0. The van der Waals surface area contributed by atoms with E-state index < -0.39 is 84.4 Å². The zero-order valence-corrected chi connectivity index (χ0v) is 24.8. The predicted molar refractivity (Wildman–Crippen MR) is 153 cm³/mol. The van der Waals surface area contributed by atoms with Crippen LogP contribution in [0.4, 0.5) is 0 Å². The van der Waals surface area contributed by atoms with Gasteiger partial charge in [0.1, 0.15) is 30.2 Å². The molecule has 21 nitrogen and oxygen atoms in total. The second-order valence-electron chi connectivity index (χ2n) is 8.53. The van der Waals surface area contributed by atoms with Crippen molar-refractivity contribution in [3.8, 4) is 0 Å². The van der Waals surface area contributed by atoms with Gasteiger partial charge in [-0.25, -0.2) is 0 Å².